The highest BCUT2D eigenvalue weighted by molar-refractivity contribution is 5.43. The lowest BCUT2D eigenvalue weighted by molar-refractivity contribution is 0.446. The van der Waals surface area contributed by atoms with Gasteiger partial charge in [-0.3, -0.25) is 0 Å². The van der Waals surface area contributed by atoms with Gasteiger partial charge in [0.1, 0.15) is 5.82 Å². The van der Waals surface area contributed by atoms with E-state index in [2.05, 4.69) is 50.0 Å². The summed E-state index contributed by atoms with van der Waals surface area (Å²) in [6.45, 7) is 10.8. The van der Waals surface area contributed by atoms with Crippen molar-refractivity contribution in [2.24, 2.45) is 0 Å². The number of aryl methyl sites for hydroxylation is 1. The average molecular weight is 275 g/mol. The summed E-state index contributed by atoms with van der Waals surface area (Å²) < 4.78 is 0. The van der Waals surface area contributed by atoms with Crippen LogP contribution in [0.3, 0.4) is 0 Å². The fraction of sp³-hybridized carbons (Fsp3) is 0.706. The molecule has 1 fully saturated rings. The number of anilines is 1. The van der Waals surface area contributed by atoms with E-state index in [0.717, 1.165) is 18.8 Å². The van der Waals surface area contributed by atoms with E-state index in [9.17, 15) is 0 Å². The molecule has 3 nitrogen and oxygen atoms in total. The topological polar surface area (TPSA) is 28.2 Å². The van der Waals surface area contributed by atoms with Crippen LogP contribution in [0.5, 0.6) is 0 Å². The van der Waals surface area contributed by atoms with Crippen LogP contribution >= 0.6 is 0 Å². The second kappa shape index (κ2) is 7.07. The molecule has 1 unspecified atom stereocenters. The van der Waals surface area contributed by atoms with E-state index in [4.69, 9.17) is 4.98 Å². The zero-order valence-electron chi connectivity index (χ0n) is 13.4. The molecule has 2 rings (SSSR count). The molecule has 0 radical (unpaired) electrons. The maximum atomic E-state index is 4.86. The molecule has 0 bridgehead atoms. The van der Waals surface area contributed by atoms with Crippen LogP contribution in [0, 0.1) is 6.92 Å². The van der Waals surface area contributed by atoms with E-state index in [1.807, 2.05) is 0 Å². The zero-order valence-corrected chi connectivity index (χ0v) is 13.4. The normalized spacial score (nSPS) is 19.6. The summed E-state index contributed by atoms with van der Waals surface area (Å²) in [6, 6.07) is 5.64. The second-order valence-electron chi connectivity index (χ2n) is 6.20. The lowest BCUT2D eigenvalue weighted by Crippen LogP contribution is -2.39. The first-order valence-electron chi connectivity index (χ1n) is 8.08. The number of nitrogens with zero attached hydrogens (tertiary/aromatic N) is 2. The van der Waals surface area contributed by atoms with E-state index in [1.165, 1.54) is 37.1 Å². The van der Waals surface area contributed by atoms with Crippen molar-refractivity contribution in [3.05, 3.63) is 23.4 Å². The summed E-state index contributed by atoms with van der Waals surface area (Å²) in [5.41, 5.74) is 2.48. The van der Waals surface area contributed by atoms with Crippen LogP contribution in [0.25, 0.3) is 0 Å². The smallest absolute Gasteiger partial charge is 0.129 e. The summed E-state index contributed by atoms with van der Waals surface area (Å²) >= 11 is 0. The maximum Gasteiger partial charge on any atom is 0.129 e. The molecule has 20 heavy (non-hydrogen) atoms. The Morgan fingerprint density at radius 3 is 2.80 bits per heavy atom. The quantitative estimate of drug-likeness (QED) is 0.889. The van der Waals surface area contributed by atoms with Crippen LogP contribution in [0.4, 0.5) is 5.82 Å². The van der Waals surface area contributed by atoms with E-state index >= 15 is 0 Å². The molecule has 0 amide bonds. The van der Waals surface area contributed by atoms with Crippen LogP contribution in [0.1, 0.15) is 57.7 Å². The summed E-state index contributed by atoms with van der Waals surface area (Å²) in [5.74, 6) is 1.17. The fourth-order valence-electron chi connectivity index (χ4n) is 2.96. The Balaban J connectivity index is 2.11. The first kappa shape index (κ1) is 15.3. The van der Waals surface area contributed by atoms with Crippen molar-refractivity contribution in [1.82, 2.24) is 10.3 Å². The Hall–Kier alpha value is -1.09. The number of aromatic nitrogens is 1. The highest BCUT2D eigenvalue weighted by atomic mass is 15.2. The van der Waals surface area contributed by atoms with Gasteiger partial charge in [-0.2, -0.15) is 0 Å². The van der Waals surface area contributed by atoms with Crippen molar-refractivity contribution in [2.45, 2.75) is 72.0 Å². The number of hydrogen-bond donors (Lipinski definition) is 1. The first-order valence-corrected chi connectivity index (χ1v) is 8.08. The molecule has 112 valence electrons. The Morgan fingerprint density at radius 1 is 1.35 bits per heavy atom. The van der Waals surface area contributed by atoms with Gasteiger partial charge in [0.2, 0.25) is 0 Å². The van der Waals surface area contributed by atoms with E-state index in [0.29, 0.717) is 12.1 Å². The minimum Gasteiger partial charge on any atom is -0.354 e. The number of nitrogens with one attached hydrogen (secondary N) is 1. The molecule has 1 saturated heterocycles. The number of hydrogen-bond acceptors (Lipinski definition) is 3. The van der Waals surface area contributed by atoms with Gasteiger partial charge in [0.15, 0.2) is 0 Å². The Labute approximate surface area is 123 Å². The summed E-state index contributed by atoms with van der Waals surface area (Å²) in [6.07, 6.45) is 5.20. The monoisotopic (exact) mass is 275 g/mol. The lowest BCUT2D eigenvalue weighted by atomic mass is 10.00. The molecule has 1 aromatic rings. The Kier molecular flexibility index (Phi) is 5.41. The fourth-order valence-corrected chi connectivity index (χ4v) is 2.96. The molecule has 1 aliphatic rings. The SMILES string of the molecule is CCC1CCCCN1c1ccc(CNC(C)C)c(C)n1. The summed E-state index contributed by atoms with van der Waals surface area (Å²) in [7, 11) is 0. The molecule has 1 aromatic heterocycles. The van der Waals surface area contributed by atoms with E-state index in [1.54, 1.807) is 0 Å². The average Bonchev–Trinajstić information content (AvgIpc) is 2.45. The summed E-state index contributed by atoms with van der Waals surface area (Å²) in [5, 5.41) is 3.47. The van der Waals surface area contributed by atoms with Crippen LogP contribution in [0.2, 0.25) is 0 Å². The van der Waals surface area contributed by atoms with Gasteiger partial charge in [-0.05, 0) is 44.2 Å². The molecule has 3 heteroatoms. The predicted octanol–water partition coefficient (Wildman–Crippen LogP) is 3.66. The van der Waals surface area contributed by atoms with Crippen LogP contribution in [0.15, 0.2) is 12.1 Å². The van der Waals surface area contributed by atoms with Gasteiger partial charge in [0.05, 0.1) is 0 Å². The molecule has 0 spiro atoms. The van der Waals surface area contributed by atoms with Crippen molar-refractivity contribution in [1.29, 1.82) is 0 Å². The number of piperidine rings is 1. The van der Waals surface area contributed by atoms with Crippen LogP contribution in [-0.4, -0.2) is 23.6 Å². The predicted molar refractivity (Wildman–Crippen MR) is 86.2 cm³/mol. The second-order valence-corrected chi connectivity index (χ2v) is 6.20. The minimum absolute atomic E-state index is 0.514. The highest BCUT2D eigenvalue weighted by Crippen LogP contribution is 2.25. The highest BCUT2D eigenvalue weighted by Gasteiger charge is 2.22. The van der Waals surface area contributed by atoms with Crippen molar-refractivity contribution in [2.75, 3.05) is 11.4 Å². The van der Waals surface area contributed by atoms with Crippen molar-refractivity contribution in [3.8, 4) is 0 Å². The third-order valence-corrected chi connectivity index (χ3v) is 4.27. The van der Waals surface area contributed by atoms with Crippen LogP contribution < -0.4 is 10.2 Å². The molecule has 0 saturated carbocycles. The van der Waals surface area contributed by atoms with Crippen molar-refractivity contribution < 1.29 is 0 Å². The van der Waals surface area contributed by atoms with Gasteiger partial charge in [0.25, 0.3) is 0 Å². The zero-order chi connectivity index (χ0) is 14.5. The van der Waals surface area contributed by atoms with Gasteiger partial charge in [-0.15, -0.1) is 0 Å². The molecule has 0 aliphatic carbocycles. The minimum atomic E-state index is 0.514. The first-order chi connectivity index (χ1) is 9.61. The third-order valence-electron chi connectivity index (χ3n) is 4.27. The van der Waals surface area contributed by atoms with E-state index < -0.39 is 0 Å². The van der Waals surface area contributed by atoms with Gasteiger partial charge in [-0.25, -0.2) is 4.98 Å². The largest absolute Gasteiger partial charge is 0.354 e. The van der Waals surface area contributed by atoms with Gasteiger partial charge in [0, 0.05) is 30.9 Å². The summed E-state index contributed by atoms with van der Waals surface area (Å²) in [4.78, 5) is 7.37. The molecular formula is C17H29N3. The molecule has 2 heterocycles. The van der Waals surface area contributed by atoms with Gasteiger partial charge < -0.3 is 10.2 Å². The van der Waals surface area contributed by atoms with Gasteiger partial charge >= 0.3 is 0 Å². The Bertz CT molecular complexity index is 428. The molecule has 0 aromatic carbocycles. The standard InChI is InChI=1S/C17H29N3/c1-5-16-8-6-7-11-20(16)17-10-9-15(14(4)19-17)12-18-13(2)3/h9-10,13,16,18H,5-8,11-12H2,1-4H3. The number of rotatable bonds is 5. The van der Waals surface area contributed by atoms with Crippen molar-refractivity contribution in [3.63, 3.8) is 0 Å². The Morgan fingerprint density at radius 2 is 2.15 bits per heavy atom. The van der Waals surface area contributed by atoms with Gasteiger partial charge in [-0.1, -0.05) is 26.8 Å². The molecule has 1 atom stereocenters. The molecular weight excluding hydrogens is 246 g/mol. The van der Waals surface area contributed by atoms with Crippen molar-refractivity contribution >= 4 is 5.82 Å². The maximum absolute atomic E-state index is 4.86. The number of pyridine rings is 1. The molecule has 1 N–H and O–H groups in total. The van der Waals surface area contributed by atoms with Crippen LogP contribution in [-0.2, 0) is 6.54 Å². The molecule has 1 aliphatic heterocycles. The van der Waals surface area contributed by atoms with E-state index in [-0.39, 0.29) is 0 Å². The lowest BCUT2D eigenvalue weighted by Gasteiger charge is -2.36. The third kappa shape index (κ3) is 3.72.